The largest absolute Gasteiger partial charge is 0.497 e. The summed E-state index contributed by atoms with van der Waals surface area (Å²) in [4.78, 5) is 27.7. The van der Waals surface area contributed by atoms with Crippen LogP contribution in [0.15, 0.2) is 42.5 Å². The van der Waals surface area contributed by atoms with Crippen molar-refractivity contribution < 1.29 is 19.2 Å². The maximum absolute atomic E-state index is 12.8. The van der Waals surface area contributed by atoms with Gasteiger partial charge in [0.05, 0.1) is 30.9 Å². The molecule has 1 heterocycles. The molecule has 1 fully saturated rings. The van der Waals surface area contributed by atoms with Gasteiger partial charge in [0.2, 0.25) is 5.91 Å². The lowest BCUT2D eigenvalue weighted by Gasteiger charge is -2.38. The highest BCUT2D eigenvalue weighted by atomic mass is 16.6. The molecule has 0 radical (unpaired) electrons. The molecular weight excluding hydrogens is 388 g/mol. The fraction of sp³-hybridized carbons (Fsp3) is 0.381. The third-order valence-electron chi connectivity index (χ3n) is 5.33. The third kappa shape index (κ3) is 4.80. The first-order chi connectivity index (χ1) is 14.4. The van der Waals surface area contributed by atoms with Crippen LogP contribution in [0.2, 0.25) is 0 Å². The Morgan fingerprint density at radius 3 is 2.30 bits per heavy atom. The van der Waals surface area contributed by atoms with Gasteiger partial charge < -0.3 is 19.7 Å². The number of ether oxygens (including phenoxy) is 2. The van der Waals surface area contributed by atoms with Gasteiger partial charge in [-0.25, -0.2) is 0 Å². The van der Waals surface area contributed by atoms with Crippen LogP contribution < -0.4 is 19.7 Å². The zero-order chi connectivity index (χ0) is 21.7. The lowest BCUT2D eigenvalue weighted by Crippen LogP contribution is -2.52. The number of non-ortho nitro benzene ring substituents is 1. The van der Waals surface area contributed by atoms with Gasteiger partial charge in [-0.15, -0.1) is 0 Å². The zero-order valence-electron chi connectivity index (χ0n) is 17.3. The minimum Gasteiger partial charge on any atom is -0.497 e. The molecule has 0 spiro atoms. The lowest BCUT2D eigenvalue weighted by atomic mass is 10.2. The van der Waals surface area contributed by atoms with E-state index in [-0.39, 0.29) is 17.6 Å². The van der Waals surface area contributed by atoms with Crippen LogP contribution in [0.5, 0.6) is 11.5 Å². The molecule has 3 rings (SSSR count). The molecule has 1 aliphatic rings. The number of anilines is 2. The molecule has 30 heavy (non-hydrogen) atoms. The number of benzene rings is 2. The van der Waals surface area contributed by atoms with Crippen LogP contribution in [-0.2, 0) is 4.79 Å². The van der Waals surface area contributed by atoms with Crippen LogP contribution in [0.1, 0.15) is 6.92 Å². The van der Waals surface area contributed by atoms with Crippen LogP contribution in [-0.4, -0.2) is 62.2 Å². The van der Waals surface area contributed by atoms with Crippen molar-refractivity contribution in [2.45, 2.75) is 13.0 Å². The zero-order valence-corrected chi connectivity index (χ0v) is 17.3. The molecule has 9 heteroatoms. The molecule has 2 aromatic carbocycles. The molecule has 0 unspecified atom stereocenters. The average molecular weight is 414 g/mol. The highest BCUT2D eigenvalue weighted by Gasteiger charge is 2.26. The maximum atomic E-state index is 12.8. The molecular formula is C21H26N4O5. The quantitative estimate of drug-likeness (QED) is 0.550. The van der Waals surface area contributed by atoms with Crippen molar-refractivity contribution >= 4 is 23.0 Å². The Kier molecular flexibility index (Phi) is 6.73. The van der Waals surface area contributed by atoms with Crippen molar-refractivity contribution in [2.24, 2.45) is 0 Å². The van der Waals surface area contributed by atoms with E-state index in [1.807, 2.05) is 31.2 Å². The summed E-state index contributed by atoms with van der Waals surface area (Å²) in [5, 5.41) is 13.8. The van der Waals surface area contributed by atoms with Crippen molar-refractivity contribution in [3.8, 4) is 11.5 Å². The van der Waals surface area contributed by atoms with Crippen LogP contribution in [0, 0.1) is 10.1 Å². The Labute approximate surface area is 175 Å². The number of nitro groups is 1. The molecule has 1 amide bonds. The van der Waals surface area contributed by atoms with E-state index in [1.54, 1.807) is 7.11 Å². The van der Waals surface area contributed by atoms with E-state index >= 15 is 0 Å². The standard InChI is InChI=1S/C21H26N4O5/c1-15(21(26)22-19-14-17(25(27)28)6-9-20(19)30-3)23-10-12-24(13-11-23)16-4-7-18(29-2)8-5-16/h4-9,14-15H,10-13H2,1-3H3,(H,22,26)/t15-/m1/s1. The van der Waals surface area contributed by atoms with Gasteiger partial charge >= 0.3 is 0 Å². The molecule has 1 saturated heterocycles. The van der Waals surface area contributed by atoms with Gasteiger partial charge in [0.1, 0.15) is 11.5 Å². The number of nitrogens with one attached hydrogen (secondary N) is 1. The molecule has 0 aromatic heterocycles. The highest BCUT2D eigenvalue weighted by molar-refractivity contribution is 5.96. The second-order valence-electron chi connectivity index (χ2n) is 7.03. The number of hydrogen-bond donors (Lipinski definition) is 1. The Balaban J connectivity index is 1.60. The first kappa shape index (κ1) is 21.4. The Morgan fingerprint density at radius 2 is 1.73 bits per heavy atom. The summed E-state index contributed by atoms with van der Waals surface area (Å²) in [6.45, 7) is 4.88. The van der Waals surface area contributed by atoms with E-state index in [9.17, 15) is 14.9 Å². The Hall–Kier alpha value is -3.33. The fourth-order valence-electron chi connectivity index (χ4n) is 3.47. The second kappa shape index (κ2) is 9.45. The monoisotopic (exact) mass is 414 g/mol. The van der Waals surface area contributed by atoms with Gasteiger partial charge in [0.15, 0.2) is 0 Å². The van der Waals surface area contributed by atoms with Crippen molar-refractivity contribution in [1.82, 2.24) is 4.90 Å². The summed E-state index contributed by atoms with van der Waals surface area (Å²) >= 11 is 0. The van der Waals surface area contributed by atoms with Gasteiger partial charge in [-0.3, -0.25) is 19.8 Å². The molecule has 160 valence electrons. The number of amides is 1. The highest BCUT2D eigenvalue weighted by Crippen LogP contribution is 2.29. The van der Waals surface area contributed by atoms with E-state index in [0.717, 1.165) is 37.6 Å². The molecule has 0 saturated carbocycles. The Morgan fingerprint density at radius 1 is 1.07 bits per heavy atom. The number of nitrogens with zero attached hydrogens (tertiary/aromatic N) is 3. The second-order valence-corrected chi connectivity index (χ2v) is 7.03. The number of piperazine rings is 1. The van der Waals surface area contributed by atoms with Gasteiger partial charge in [0, 0.05) is 44.0 Å². The summed E-state index contributed by atoms with van der Waals surface area (Å²) in [5.41, 5.74) is 1.31. The predicted octanol–water partition coefficient (Wildman–Crippen LogP) is 2.76. The van der Waals surface area contributed by atoms with E-state index in [2.05, 4.69) is 15.1 Å². The Bertz CT molecular complexity index is 895. The molecule has 1 N–H and O–H groups in total. The first-order valence-corrected chi connectivity index (χ1v) is 9.69. The van der Waals surface area contributed by atoms with Crippen LogP contribution >= 0.6 is 0 Å². The minimum absolute atomic E-state index is 0.105. The SMILES string of the molecule is COc1ccc(N2CCN([C@H](C)C(=O)Nc3cc([N+](=O)[O-])ccc3OC)CC2)cc1. The van der Waals surface area contributed by atoms with Crippen LogP contribution in [0.4, 0.5) is 17.1 Å². The average Bonchev–Trinajstić information content (AvgIpc) is 2.78. The molecule has 1 atom stereocenters. The number of carbonyl (C=O) groups excluding carboxylic acids is 1. The van der Waals surface area contributed by atoms with Crippen molar-refractivity contribution in [3.63, 3.8) is 0 Å². The smallest absolute Gasteiger partial charge is 0.271 e. The molecule has 0 bridgehead atoms. The number of hydrogen-bond acceptors (Lipinski definition) is 7. The normalized spacial score (nSPS) is 15.4. The molecule has 2 aromatic rings. The predicted molar refractivity (Wildman–Crippen MR) is 115 cm³/mol. The van der Waals surface area contributed by atoms with E-state index in [4.69, 9.17) is 9.47 Å². The summed E-state index contributed by atoms with van der Waals surface area (Å²) in [6, 6.07) is 11.7. The summed E-state index contributed by atoms with van der Waals surface area (Å²) in [7, 11) is 3.10. The van der Waals surface area contributed by atoms with Crippen molar-refractivity contribution in [1.29, 1.82) is 0 Å². The first-order valence-electron chi connectivity index (χ1n) is 9.69. The summed E-state index contributed by atoms with van der Waals surface area (Å²) in [5.74, 6) is 0.969. The third-order valence-corrected chi connectivity index (χ3v) is 5.33. The van der Waals surface area contributed by atoms with Crippen LogP contribution in [0.3, 0.4) is 0 Å². The van der Waals surface area contributed by atoms with E-state index in [1.165, 1.54) is 25.3 Å². The number of carbonyl (C=O) groups is 1. The van der Waals surface area contributed by atoms with Crippen molar-refractivity contribution in [2.75, 3.05) is 50.6 Å². The number of methoxy groups -OCH3 is 2. The van der Waals surface area contributed by atoms with Gasteiger partial charge in [-0.1, -0.05) is 0 Å². The topological polar surface area (TPSA) is 97.2 Å². The van der Waals surface area contributed by atoms with Crippen LogP contribution in [0.25, 0.3) is 0 Å². The van der Waals surface area contributed by atoms with E-state index in [0.29, 0.717) is 11.4 Å². The maximum Gasteiger partial charge on any atom is 0.271 e. The number of rotatable bonds is 7. The summed E-state index contributed by atoms with van der Waals surface area (Å²) in [6.07, 6.45) is 0. The van der Waals surface area contributed by atoms with Gasteiger partial charge in [-0.05, 0) is 37.3 Å². The lowest BCUT2D eigenvalue weighted by molar-refractivity contribution is -0.384. The summed E-state index contributed by atoms with van der Waals surface area (Å²) < 4.78 is 10.4. The minimum atomic E-state index is -0.503. The van der Waals surface area contributed by atoms with Gasteiger partial charge in [-0.2, -0.15) is 0 Å². The number of nitro benzene ring substituents is 1. The van der Waals surface area contributed by atoms with E-state index < -0.39 is 4.92 Å². The molecule has 0 aliphatic carbocycles. The molecule has 9 nitrogen and oxygen atoms in total. The fourth-order valence-corrected chi connectivity index (χ4v) is 3.47. The van der Waals surface area contributed by atoms with Crippen molar-refractivity contribution in [3.05, 3.63) is 52.6 Å². The molecule has 1 aliphatic heterocycles. The van der Waals surface area contributed by atoms with Gasteiger partial charge in [0.25, 0.3) is 5.69 Å².